The Morgan fingerprint density at radius 2 is 1.65 bits per heavy atom. The van der Waals surface area contributed by atoms with Crippen LogP contribution in [-0.4, -0.2) is 42.6 Å². The first kappa shape index (κ1) is 12.9. The number of hydrogen-bond donors (Lipinski definition) is 2. The number of nitrogens with one attached hydrogen (secondary N) is 2. The molecule has 112 valence electrons. The van der Waals surface area contributed by atoms with Crippen molar-refractivity contribution in [2.24, 2.45) is 17.8 Å². The third-order valence-corrected chi connectivity index (χ3v) is 6.04. The summed E-state index contributed by atoms with van der Waals surface area (Å²) in [5.74, 6) is 2.69. The molecule has 0 radical (unpaired) electrons. The molecule has 2 N–H and O–H groups in total. The zero-order valence-corrected chi connectivity index (χ0v) is 12.4. The van der Waals surface area contributed by atoms with E-state index in [2.05, 4.69) is 10.6 Å². The van der Waals surface area contributed by atoms with Crippen molar-refractivity contribution >= 4 is 6.03 Å². The third kappa shape index (κ3) is 2.32. The lowest BCUT2D eigenvalue weighted by atomic mass is 9.53. The smallest absolute Gasteiger partial charge is 0.317 e. The van der Waals surface area contributed by atoms with Crippen LogP contribution in [0.3, 0.4) is 0 Å². The molecular formula is C16H27N3O. The van der Waals surface area contributed by atoms with E-state index >= 15 is 0 Å². The minimum atomic E-state index is 0.158. The summed E-state index contributed by atoms with van der Waals surface area (Å²) in [4.78, 5) is 14.6. The quantitative estimate of drug-likeness (QED) is 0.769. The zero-order valence-electron chi connectivity index (χ0n) is 12.4. The summed E-state index contributed by atoms with van der Waals surface area (Å²) in [6.45, 7) is 3.75. The van der Waals surface area contributed by atoms with E-state index in [9.17, 15) is 4.79 Å². The Hall–Kier alpha value is -0.770. The Bertz CT molecular complexity index is 352. The molecule has 1 aliphatic heterocycles. The average molecular weight is 277 g/mol. The maximum absolute atomic E-state index is 12.6. The van der Waals surface area contributed by atoms with Gasteiger partial charge in [0.25, 0.3) is 0 Å². The monoisotopic (exact) mass is 277 g/mol. The highest BCUT2D eigenvalue weighted by Crippen LogP contribution is 2.55. The number of rotatable bonds is 1. The standard InChI is InChI=1S/C16H27N3O/c20-15(19-4-1-2-17-3-5-19)18-16-9-12-6-13(10-16)8-14(7-12)11-16/h12-14,17H,1-11H2,(H,18,20). The molecule has 2 amide bonds. The van der Waals surface area contributed by atoms with Crippen LogP contribution in [0.15, 0.2) is 0 Å². The van der Waals surface area contributed by atoms with Crippen molar-refractivity contribution in [1.29, 1.82) is 0 Å². The zero-order chi connectivity index (χ0) is 13.6. The lowest BCUT2D eigenvalue weighted by Crippen LogP contribution is -2.62. The van der Waals surface area contributed by atoms with Crippen molar-refractivity contribution in [2.45, 2.75) is 50.5 Å². The van der Waals surface area contributed by atoms with Crippen molar-refractivity contribution in [2.75, 3.05) is 26.2 Å². The van der Waals surface area contributed by atoms with Gasteiger partial charge in [0.1, 0.15) is 0 Å². The normalized spacial score (nSPS) is 43.4. The van der Waals surface area contributed by atoms with Gasteiger partial charge < -0.3 is 15.5 Å². The fraction of sp³-hybridized carbons (Fsp3) is 0.938. The molecule has 1 saturated heterocycles. The van der Waals surface area contributed by atoms with E-state index in [0.29, 0.717) is 0 Å². The first-order chi connectivity index (χ1) is 9.72. The summed E-state index contributed by atoms with van der Waals surface area (Å²) >= 11 is 0. The molecule has 0 unspecified atom stereocenters. The lowest BCUT2D eigenvalue weighted by molar-refractivity contribution is -0.0155. The fourth-order valence-electron chi connectivity index (χ4n) is 5.62. The van der Waals surface area contributed by atoms with Gasteiger partial charge in [-0.3, -0.25) is 0 Å². The van der Waals surface area contributed by atoms with E-state index in [1.54, 1.807) is 0 Å². The second-order valence-electron chi connectivity index (χ2n) is 7.72. The van der Waals surface area contributed by atoms with E-state index in [1.807, 2.05) is 4.90 Å². The Morgan fingerprint density at radius 1 is 1.00 bits per heavy atom. The Labute approximate surface area is 121 Å². The summed E-state index contributed by atoms with van der Waals surface area (Å²) in [5.41, 5.74) is 0.158. The van der Waals surface area contributed by atoms with E-state index in [-0.39, 0.29) is 11.6 Å². The number of amides is 2. The number of carbonyl (C=O) groups excluding carboxylic acids is 1. The lowest BCUT2D eigenvalue weighted by Gasteiger charge is -2.57. The van der Waals surface area contributed by atoms with Crippen molar-refractivity contribution in [1.82, 2.24) is 15.5 Å². The van der Waals surface area contributed by atoms with Gasteiger partial charge in [-0.2, -0.15) is 0 Å². The van der Waals surface area contributed by atoms with Gasteiger partial charge in [-0.15, -0.1) is 0 Å². The summed E-state index contributed by atoms with van der Waals surface area (Å²) < 4.78 is 0. The number of carbonyl (C=O) groups is 1. The predicted octanol–water partition coefficient (Wildman–Crippen LogP) is 1.96. The van der Waals surface area contributed by atoms with Crippen LogP contribution in [0.4, 0.5) is 4.79 Å². The number of nitrogens with zero attached hydrogens (tertiary/aromatic N) is 1. The van der Waals surface area contributed by atoms with Crippen LogP contribution < -0.4 is 10.6 Å². The number of urea groups is 1. The molecule has 0 aromatic heterocycles. The van der Waals surface area contributed by atoms with Gasteiger partial charge in [-0.1, -0.05) is 0 Å². The van der Waals surface area contributed by atoms with E-state index in [0.717, 1.165) is 50.4 Å². The fourth-order valence-corrected chi connectivity index (χ4v) is 5.62. The molecule has 20 heavy (non-hydrogen) atoms. The minimum Gasteiger partial charge on any atom is -0.333 e. The maximum atomic E-state index is 12.6. The predicted molar refractivity (Wildman–Crippen MR) is 78.5 cm³/mol. The van der Waals surface area contributed by atoms with Crippen molar-refractivity contribution in [3.63, 3.8) is 0 Å². The van der Waals surface area contributed by atoms with Gasteiger partial charge in [0.2, 0.25) is 0 Å². The maximum Gasteiger partial charge on any atom is 0.317 e. The molecule has 0 spiro atoms. The van der Waals surface area contributed by atoms with E-state index < -0.39 is 0 Å². The second-order valence-corrected chi connectivity index (χ2v) is 7.72. The first-order valence-electron chi connectivity index (χ1n) is 8.50. The van der Waals surface area contributed by atoms with Gasteiger partial charge >= 0.3 is 6.03 Å². The van der Waals surface area contributed by atoms with Crippen molar-refractivity contribution in [3.05, 3.63) is 0 Å². The second kappa shape index (κ2) is 4.90. The van der Waals surface area contributed by atoms with Gasteiger partial charge in [0.15, 0.2) is 0 Å². The Morgan fingerprint density at radius 3 is 2.30 bits per heavy atom. The highest BCUT2D eigenvalue weighted by atomic mass is 16.2. The van der Waals surface area contributed by atoms with Crippen LogP contribution in [0.5, 0.6) is 0 Å². The van der Waals surface area contributed by atoms with Gasteiger partial charge in [-0.05, 0) is 69.2 Å². The van der Waals surface area contributed by atoms with Crippen LogP contribution in [0.2, 0.25) is 0 Å². The molecule has 4 heteroatoms. The molecule has 5 rings (SSSR count). The minimum absolute atomic E-state index is 0.158. The summed E-state index contributed by atoms with van der Waals surface area (Å²) in [5, 5.41) is 6.85. The van der Waals surface area contributed by atoms with E-state index in [4.69, 9.17) is 0 Å². The van der Waals surface area contributed by atoms with E-state index in [1.165, 1.54) is 38.5 Å². The molecule has 4 saturated carbocycles. The molecule has 4 bridgehead atoms. The molecule has 1 heterocycles. The van der Waals surface area contributed by atoms with Crippen molar-refractivity contribution in [3.8, 4) is 0 Å². The topological polar surface area (TPSA) is 44.4 Å². The molecule has 5 fully saturated rings. The molecule has 4 aliphatic carbocycles. The summed E-state index contributed by atoms with van der Waals surface area (Å²) in [7, 11) is 0. The van der Waals surface area contributed by atoms with Gasteiger partial charge in [0, 0.05) is 25.2 Å². The molecule has 4 nitrogen and oxygen atoms in total. The third-order valence-electron chi connectivity index (χ3n) is 6.04. The van der Waals surface area contributed by atoms with Crippen LogP contribution in [0.25, 0.3) is 0 Å². The molecule has 0 aromatic rings. The SMILES string of the molecule is O=C(NC12CC3CC(CC(C3)C1)C2)N1CCCNCC1. The highest BCUT2D eigenvalue weighted by molar-refractivity contribution is 5.75. The summed E-state index contributed by atoms with van der Waals surface area (Å²) in [6, 6.07) is 0.204. The Balaban J connectivity index is 1.44. The Kier molecular flexibility index (Phi) is 3.17. The molecule has 0 atom stereocenters. The van der Waals surface area contributed by atoms with Crippen LogP contribution in [0.1, 0.15) is 44.9 Å². The van der Waals surface area contributed by atoms with Gasteiger partial charge in [-0.25, -0.2) is 4.79 Å². The molecule has 5 aliphatic rings. The number of hydrogen-bond acceptors (Lipinski definition) is 2. The van der Waals surface area contributed by atoms with Crippen molar-refractivity contribution < 1.29 is 4.79 Å². The average Bonchev–Trinajstić information content (AvgIpc) is 2.65. The summed E-state index contributed by atoms with van der Waals surface area (Å²) in [6.07, 6.45) is 9.12. The van der Waals surface area contributed by atoms with Gasteiger partial charge in [0.05, 0.1) is 0 Å². The van der Waals surface area contributed by atoms with Crippen LogP contribution in [0, 0.1) is 17.8 Å². The molecule has 0 aromatic carbocycles. The first-order valence-corrected chi connectivity index (χ1v) is 8.50. The highest BCUT2D eigenvalue weighted by Gasteiger charge is 2.51. The van der Waals surface area contributed by atoms with Crippen LogP contribution >= 0.6 is 0 Å². The largest absolute Gasteiger partial charge is 0.333 e. The molecular weight excluding hydrogens is 250 g/mol. The van der Waals surface area contributed by atoms with Crippen LogP contribution in [-0.2, 0) is 0 Å².